The maximum Gasteiger partial charge on any atom is 0.183 e. The fraction of sp³-hybridized carbons (Fsp3) is 0.450. The van der Waals surface area contributed by atoms with E-state index in [9.17, 15) is 5.11 Å². The number of benzene rings is 1. The maximum absolute atomic E-state index is 10.4. The van der Waals surface area contributed by atoms with Crippen LogP contribution in [0.1, 0.15) is 43.2 Å². The molecule has 0 bridgehead atoms. The minimum absolute atomic E-state index is 0.131. The minimum Gasteiger partial charge on any atom is -0.507 e. The molecule has 27 heavy (non-hydrogen) atoms. The Kier molecular flexibility index (Phi) is 4.06. The van der Waals surface area contributed by atoms with Gasteiger partial charge in [0.25, 0.3) is 0 Å². The number of hydrogen-bond acceptors (Lipinski definition) is 5. The summed E-state index contributed by atoms with van der Waals surface area (Å²) in [5, 5.41) is 20.0. The summed E-state index contributed by atoms with van der Waals surface area (Å²) in [6.07, 6.45) is 6.49. The van der Waals surface area contributed by atoms with Gasteiger partial charge >= 0.3 is 0 Å². The second-order valence-electron chi connectivity index (χ2n) is 7.78. The van der Waals surface area contributed by atoms with Crippen molar-refractivity contribution in [1.82, 2.24) is 24.6 Å². The van der Waals surface area contributed by atoms with E-state index in [0.717, 1.165) is 54.8 Å². The Balaban J connectivity index is 1.65. The van der Waals surface area contributed by atoms with E-state index in [2.05, 4.69) is 26.7 Å². The molecule has 1 aromatic carbocycles. The molecule has 3 heterocycles. The monoisotopic (exact) mass is 383 g/mol. The second kappa shape index (κ2) is 6.46. The van der Waals surface area contributed by atoms with Gasteiger partial charge in [0, 0.05) is 28.7 Å². The van der Waals surface area contributed by atoms with E-state index in [1.165, 1.54) is 6.42 Å². The third-order valence-corrected chi connectivity index (χ3v) is 5.95. The van der Waals surface area contributed by atoms with Crippen LogP contribution in [-0.4, -0.2) is 49.9 Å². The van der Waals surface area contributed by atoms with Gasteiger partial charge in [-0.05, 0) is 63.4 Å². The molecule has 1 saturated carbocycles. The van der Waals surface area contributed by atoms with Crippen LogP contribution in [0.2, 0.25) is 5.02 Å². The number of aromatic nitrogens is 4. The number of phenols is 1. The van der Waals surface area contributed by atoms with Crippen LogP contribution in [0, 0.1) is 0 Å². The Morgan fingerprint density at radius 3 is 2.78 bits per heavy atom. The fourth-order valence-electron chi connectivity index (χ4n) is 4.20. The van der Waals surface area contributed by atoms with Crippen molar-refractivity contribution >= 4 is 22.8 Å². The first-order chi connectivity index (χ1) is 13.1. The average molecular weight is 384 g/mol. The summed E-state index contributed by atoms with van der Waals surface area (Å²) in [5.74, 6) is 0.567. The highest BCUT2D eigenvalue weighted by molar-refractivity contribution is 6.30. The lowest BCUT2D eigenvalue weighted by atomic mass is 10.0. The van der Waals surface area contributed by atoms with Gasteiger partial charge in [0.15, 0.2) is 5.65 Å². The molecule has 6 nitrogen and oxygen atoms in total. The Morgan fingerprint density at radius 1 is 1.19 bits per heavy atom. The van der Waals surface area contributed by atoms with Crippen LogP contribution in [0.25, 0.3) is 22.4 Å². The number of likely N-dealkylation sites (N-methyl/N-ethyl adjacent to an activating group) is 1. The first-order valence-electron chi connectivity index (χ1n) is 9.52. The number of nitrogens with zero attached hydrogens (tertiary/aromatic N) is 5. The summed E-state index contributed by atoms with van der Waals surface area (Å²) >= 11 is 6.00. The summed E-state index contributed by atoms with van der Waals surface area (Å²) in [5.41, 5.74) is 4.29. The summed E-state index contributed by atoms with van der Waals surface area (Å²) < 4.78 is 2.19. The molecule has 7 heteroatoms. The van der Waals surface area contributed by atoms with Gasteiger partial charge in [-0.15, -0.1) is 10.2 Å². The molecule has 2 fully saturated rings. The summed E-state index contributed by atoms with van der Waals surface area (Å²) in [6.45, 7) is 2.15. The lowest BCUT2D eigenvalue weighted by Crippen LogP contribution is -2.33. The third-order valence-electron chi connectivity index (χ3n) is 5.72. The van der Waals surface area contributed by atoms with Crippen LogP contribution in [0.5, 0.6) is 5.75 Å². The molecule has 3 aromatic rings. The quantitative estimate of drug-likeness (QED) is 0.740. The van der Waals surface area contributed by atoms with Crippen LogP contribution >= 0.6 is 11.6 Å². The lowest BCUT2D eigenvalue weighted by molar-refractivity contribution is 0.214. The molecular formula is C20H22ClN5O. The third kappa shape index (κ3) is 2.97. The molecule has 2 aromatic heterocycles. The standard InChI is InChI=1S/C20H22ClN5O/c1-25-8-2-3-14(10-25)26-11-22-19-17(12-4-5-12)18(23-24-20(19)26)15-7-6-13(21)9-16(15)27/h6-7,9,11-12,14,27H,2-5,8,10H2,1H3/t14-/m1/s1. The number of rotatable bonds is 3. The molecule has 0 radical (unpaired) electrons. The van der Waals surface area contributed by atoms with E-state index < -0.39 is 0 Å². The van der Waals surface area contributed by atoms with E-state index in [4.69, 9.17) is 16.6 Å². The van der Waals surface area contributed by atoms with Crippen LogP contribution in [0.3, 0.4) is 0 Å². The van der Waals surface area contributed by atoms with Crippen molar-refractivity contribution < 1.29 is 5.11 Å². The summed E-state index contributed by atoms with van der Waals surface area (Å²) in [6, 6.07) is 5.52. The summed E-state index contributed by atoms with van der Waals surface area (Å²) in [7, 11) is 2.16. The van der Waals surface area contributed by atoms with E-state index in [1.54, 1.807) is 12.1 Å². The Bertz CT molecular complexity index is 1010. The van der Waals surface area contributed by atoms with Gasteiger partial charge in [-0.3, -0.25) is 0 Å². The SMILES string of the molecule is CN1CCC[C@@H](n2cnc3c(C4CC4)c(-c4ccc(Cl)cc4O)nnc32)C1. The van der Waals surface area contributed by atoms with E-state index >= 15 is 0 Å². The van der Waals surface area contributed by atoms with Crippen molar-refractivity contribution in [1.29, 1.82) is 0 Å². The van der Waals surface area contributed by atoms with Gasteiger partial charge in [0.2, 0.25) is 0 Å². The first kappa shape index (κ1) is 17.0. The number of halogens is 1. The van der Waals surface area contributed by atoms with Gasteiger partial charge in [-0.2, -0.15) is 0 Å². The van der Waals surface area contributed by atoms with Gasteiger partial charge in [0.1, 0.15) is 17.0 Å². The Morgan fingerprint density at radius 2 is 2.04 bits per heavy atom. The zero-order chi connectivity index (χ0) is 18.5. The largest absolute Gasteiger partial charge is 0.507 e. The van der Waals surface area contributed by atoms with E-state index in [0.29, 0.717) is 22.5 Å². The van der Waals surface area contributed by atoms with Gasteiger partial charge in [-0.1, -0.05) is 11.6 Å². The molecule has 1 aliphatic heterocycles. The molecule has 0 amide bonds. The smallest absolute Gasteiger partial charge is 0.183 e. The number of likely N-dealkylation sites (tertiary alicyclic amines) is 1. The average Bonchev–Trinajstić information content (AvgIpc) is 3.39. The summed E-state index contributed by atoms with van der Waals surface area (Å²) in [4.78, 5) is 7.10. The predicted molar refractivity (Wildman–Crippen MR) is 105 cm³/mol. The number of piperidine rings is 1. The van der Waals surface area contributed by atoms with Gasteiger partial charge in [0.05, 0.1) is 6.33 Å². The van der Waals surface area contributed by atoms with Gasteiger partial charge in [-0.25, -0.2) is 4.98 Å². The highest BCUT2D eigenvalue weighted by Gasteiger charge is 2.33. The molecule has 140 valence electrons. The van der Waals surface area contributed by atoms with Crippen molar-refractivity contribution in [3.8, 4) is 17.0 Å². The normalized spacial score (nSPS) is 21.0. The van der Waals surface area contributed by atoms with Crippen LogP contribution in [0.15, 0.2) is 24.5 Å². The molecule has 1 aliphatic carbocycles. The number of fused-ring (bicyclic) bond motifs is 1. The van der Waals surface area contributed by atoms with E-state index in [-0.39, 0.29) is 5.75 Å². The first-order valence-corrected chi connectivity index (χ1v) is 9.90. The Hall–Kier alpha value is -2.18. The highest BCUT2D eigenvalue weighted by atomic mass is 35.5. The molecule has 1 atom stereocenters. The molecule has 0 spiro atoms. The lowest BCUT2D eigenvalue weighted by Gasteiger charge is -2.30. The van der Waals surface area contributed by atoms with Crippen LogP contribution < -0.4 is 0 Å². The molecule has 0 unspecified atom stereocenters. The van der Waals surface area contributed by atoms with Crippen molar-refractivity contribution in [2.45, 2.75) is 37.6 Å². The minimum atomic E-state index is 0.131. The number of aromatic hydroxyl groups is 1. The number of imidazole rings is 1. The number of phenolic OH excluding ortho intramolecular Hbond substituents is 1. The van der Waals surface area contributed by atoms with E-state index in [1.807, 2.05) is 12.4 Å². The molecular weight excluding hydrogens is 362 g/mol. The zero-order valence-electron chi connectivity index (χ0n) is 15.3. The van der Waals surface area contributed by atoms with Crippen LogP contribution in [-0.2, 0) is 0 Å². The fourth-order valence-corrected chi connectivity index (χ4v) is 4.37. The Labute approximate surface area is 162 Å². The topological polar surface area (TPSA) is 67.1 Å². The molecule has 1 N–H and O–H groups in total. The predicted octanol–water partition coefficient (Wildman–Crippen LogP) is 4.00. The van der Waals surface area contributed by atoms with Crippen molar-refractivity contribution in [3.63, 3.8) is 0 Å². The number of hydrogen-bond donors (Lipinski definition) is 1. The van der Waals surface area contributed by atoms with Crippen molar-refractivity contribution in [3.05, 3.63) is 35.1 Å². The second-order valence-corrected chi connectivity index (χ2v) is 8.22. The zero-order valence-corrected chi connectivity index (χ0v) is 16.0. The van der Waals surface area contributed by atoms with Crippen LogP contribution in [0.4, 0.5) is 0 Å². The molecule has 1 saturated heterocycles. The van der Waals surface area contributed by atoms with Crippen molar-refractivity contribution in [2.24, 2.45) is 0 Å². The maximum atomic E-state index is 10.4. The highest BCUT2D eigenvalue weighted by Crippen LogP contribution is 2.47. The van der Waals surface area contributed by atoms with Crippen molar-refractivity contribution in [2.75, 3.05) is 20.1 Å². The van der Waals surface area contributed by atoms with Gasteiger partial charge < -0.3 is 14.6 Å². The molecule has 5 rings (SSSR count). The molecule has 2 aliphatic rings.